The smallest absolute Gasteiger partial charge is 0.256 e. The van der Waals surface area contributed by atoms with Gasteiger partial charge in [-0.1, -0.05) is 17.7 Å². The van der Waals surface area contributed by atoms with E-state index in [0.29, 0.717) is 31.3 Å². The fourth-order valence-corrected chi connectivity index (χ4v) is 3.81. The number of rotatable bonds is 1. The number of carbonyl (C=O) groups is 2. The molecule has 0 atom stereocenters. The third-order valence-corrected chi connectivity index (χ3v) is 4.86. The average Bonchev–Trinajstić information content (AvgIpc) is 2.66. The highest BCUT2D eigenvalue weighted by Crippen LogP contribution is 2.41. The van der Waals surface area contributed by atoms with Crippen molar-refractivity contribution in [1.82, 2.24) is 5.32 Å². The van der Waals surface area contributed by atoms with Crippen molar-refractivity contribution in [2.75, 3.05) is 0 Å². The molecular weight excluding hydrogens is 278 g/mol. The van der Waals surface area contributed by atoms with Crippen LogP contribution in [0.15, 0.2) is 17.9 Å². The molecule has 1 aromatic rings. The molecule has 0 aromatic heterocycles. The van der Waals surface area contributed by atoms with Crippen LogP contribution in [0.2, 0.25) is 0 Å². The van der Waals surface area contributed by atoms with Gasteiger partial charge in [-0.25, -0.2) is 0 Å². The molecule has 4 heteroatoms. The van der Waals surface area contributed by atoms with Crippen molar-refractivity contribution in [3.05, 3.63) is 40.1 Å². The van der Waals surface area contributed by atoms with E-state index < -0.39 is 5.54 Å². The normalized spacial score (nSPS) is 20.7. The van der Waals surface area contributed by atoms with Gasteiger partial charge in [-0.3, -0.25) is 9.59 Å². The summed E-state index contributed by atoms with van der Waals surface area (Å²) in [7, 11) is 0. The number of hydrogen-bond donors (Lipinski definition) is 2. The van der Waals surface area contributed by atoms with Crippen LogP contribution in [-0.2, 0) is 9.59 Å². The number of nitrogens with one attached hydrogen (secondary N) is 1. The molecule has 1 fully saturated rings. The highest BCUT2D eigenvalue weighted by atomic mass is 16.3. The second-order valence-electron chi connectivity index (χ2n) is 6.57. The molecule has 2 N–H and O–H groups in total. The van der Waals surface area contributed by atoms with E-state index in [9.17, 15) is 14.7 Å². The van der Waals surface area contributed by atoms with Crippen molar-refractivity contribution >= 4 is 17.3 Å². The van der Waals surface area contributed by atoms with E-state index in [-0.39, 0.29) is 17.4 Å². The van der Waals surface area contributed by atoms with Gasteiger partial charge in [0, 0.05) is 12.8 Å². The molecule has 1 amide bonds. The molecule has 1 saturated carbocycles. The molecule has 1 spiro atoms. The summed E-state index contributed by atoms with van der Waals surface area (Å²) >= 11 is 0. The maximum absolute atomic E-state index is 12.5. The van der Waals surface area contributed by atoms with E-state index >= 15 is 0 Å². The van der Waals surface area contributed by atoms with E-state index in [4.69, 9.17) is 0 Å². The maximum Gasteiger partial charge on any atom is 0.256 e. The lowest BCUT2D eigenvalue weighted by Crippen LogP contribution is -2.47. The fourth-order valence-electron chi connectivity index (χ4n) is 3.81. The third kappa shape index (κ3) is 2.14. The summed E-state index contributed by atoms with van der Waals surface area (Å²) in [6, 6.07) is 4.04. The van der Waals surface area contributed by atoms with E-state index in [2.05, 4.69) is 5.32 Å². The Kier molecular flexibility index (Phi) is 3.35. The molecule has 116 valence electrons. The lowest BCUT2D eigenvalue weighted by Gasteiger charge is -2.32. The second kappa shape index (κ2) is 4.97. The van der Waals surface area contributed by atoms with E-state index in [1.807, 2.05) is 32.9 Å². The summed E-state index contributed by atoms with van der Waals surface area (Å²) in [5.41, 5.74) is 3.55. The number of hydrogen-bond acceptors (Lipinski definition) is 3. The molecule has 0 saturated heterocycles. The number of aliphatic hydroxyl groups excluding tert-OH is 1. The van der Waals surface area contributed by atoms with Gasteiger partial charge < -0.3 is 10.4 Å². The quantitative estimate of drug-likeness (QED) is 0.838. The molecule has 2 aliphatic rings. The van der Waals surface area contributed by atoms with Crippen LogP contribution in [0.4, 0.5) is 0 Å². The Balaban J connectivity index is 2.12. The zero-order chi connectivity index (χ0) is 16.1. The van der Waals surface area contributed by atoms with Gasteiger partial charge in [-0.2, -0.15) is 0 Å². The van der Waals surface area contributed by atoms with Gasteiger partial charge in [0.1, 0.15) is 11.5 Å². The van der Waals surface area contributed by atoms with Crippen LogP contribution < -0.4 is 5.32 Å². The summed E-state index contributed by atoms with van der Waals surface area (Å²) in [6.45, 7) is 5.93. The van der Waals surface area contributed by atoms with E-state index in [0.717, 1.165) is 22.3 Å². The Morgan fingerprint density at radius 2 is 1.59 bits per heavy atom. The Morgan fingerprint density at radius 3 is 2.14 bits per heavy atom. The van der Waals surface area contributed by atoms with Gasteiger partial charge in [-0.15, -0.1) is 0 Å². The molecule has 1 aromatic carbocycles. The molecule has 1 aliphatic carbocycles. The second-order valence-corrected chi connectivity index (χ2v) is 6.57. The van der Waals surface area contributed by atoms with Crippen LogP contribution in [0.25, 0.3) is 5.57 Å². The number of amides is 1. The number of Topliss-reactive ketones (excluding diaryl/α,β-unsaturated/α-hetero) is 1. The van der Waals surface area contributed by atoms with Crippen LogP contribution in [0.3, 0.4) is 0 Å². The Bertz CT molecular complexity index is 682. The molecule has 4 nitrogen and oxygen atoms in total. The van der Waals surface area contributed by atoms with Crippen molar-refractivity contribution in [3.8, 4) is 0 Å². The van der Waals surface area contributed by atoms with Gasteiger partial charge in [0.2, 0.25) is 0 Å². The lowest BCUT2D eigenvalue weighted by atomic mass is 9.79. The summed E-state index contributed by atoms with van der Waals surface area (Å²) in [5, 5.41) is 13.7. The van der Waals surface area contributed by atoms with E-state index in [1.165, 1.54) is 0 Å². The van der Waals surface area contributed by atoms with Crippen molar-refractivity contribution in [3.63, 3.8) is 0 Å². The molecule has 0 radical (unpaired) electrons. The molecule has 0 unspecified atom stereocenters. The standard InChI is InChI=1S/C18H21NO3/c1-10-8-11(2)14(12(3)9-10)15-16(21)18(19-17(15)22)6-4-13(20)5-7-18/h8-9,21H,4-7H2,1-3H3,(H,19,22). The molecule has 0 bridgehead atoms. The minimum Gasteiger partial charge on any atom is -0.509 e. The van der Waals surface area contributed by atoms with Crippen molar-refractivity contribution in [2.45, 2.75) is 52.0 Å². The molecule has 1 aliphatic heterocycles. The van der Waals surface area contributed by atoms with Crippen LogP contribution in [-0.4, -0.2) is 22.3 Å². The Hall–Kier alpha value is -2.10. The number of ketones is 1. The van der Waals surface area contributed by atoms with Gasteiger partial charge in [0.05, 0.1) is 11.1 Å². The van der Waals surface area contributed by atoms with E-state index in [1.54, 1.807) is 0 Å². The van der Waals surface area contributed by atoms with Crippen LogP contribution in [0.5, 0.6) is 0 Å². The SMILES string of the molecule is Cc1cc(C)c(C2=C(O)C3(CCC(=O)CC3)NC2=O)c(C)c1. The number of carbonyl (C=O) groups excluding carboxylic acids is 2. The molecule has 22 heavy (non-hydrogen) atoms. The maximum atomic E-state index is 12.5. The molecule has 1 heterocycles. The first-order valence-corrected chi connectivity index (χ1v) is 7.70. The van der Waals surface area contributed by atoms with Crippen molar-refractivity contribution in [1.29, 1.82) is 0 Å². The highest BCUT2D eigenvalue weighted by Gasteiger charge is 2.48. The Labute approximate surface area is 130 Å². The van der Waals surface area contributed by atoms with Crippen LogP contribution in [0.1, 0.15) is 47.9 Å². The van der Waals surface area contributed by atoms with Gasteiger partial charge in [0.25, 0.3) is 5.91 Å². The minimum atomic E-state index is -0.746. The summed E-state index contributed by atoms with van der Waals surface area (Å²) in [6.07, 6.45) is 1.78. The zero-order valence-electron chi connectivity index (χ0n) is 13.2. The topological polar surface area (TPSA) is 66.4 Å². The molecule has 3 rings (SSSR count). The van der Waals surface area contributed by atoms with Crippen LogP contribution in [0, 0.1) is 20.8 Å². The number of aryl methyl sites for hydroxylation is 3. The average molecular weight is 299 g/mol. The first-order valence-electron chi connectivity index (χ1n) is 7.70. The number of aliphatic hydroxyl groups is 1. The molecular formula is C18H21NO3. The monoisotopic (exact) mass is 299 g/mol. The predicted octanol–water partition coefficient (Wildman–Crippen LogP) is 2.89. The number of benzene rings is 1. The summed E-state index contributed by atoms with van der Waals surface area (Å²) < 4.78 is 0. The fraction of sp³-hybridized carbons (Fsp3) is 0.444. The predicted molar refractivity (Wildman–Crippen MR) is 84.6 cm³/mol. The largest absolute Gasteiger partial charge is 0.509 e. The van der Waals surface area contributed by atoms with Gasteiger partial charge in [-0.05, 0) is 50.3 Å². The van der Waals surface area contributed by atoms with Gasteiger partial charge in [0.15, 0.2) is 0 Å². The van der Waals surface area contributed by atoms with Crippen LogP contribution >= 0.6 is 0 Å². The van der Waals surface area contributed by atoms with Gasteiger partial charge >= 0.3 is 0 Å². The first kappa shape index (κ1) is 14.8. The zero-order valence-corrected chi connectivity index (χ0v) is 13.2. The minimum absolute atomic E-state index is 0.111. The first-order chi connectivity index (χ1) is 10.3. The highest BCUT2D eigenvalue weighted by molar-refractivity contribution is 6.24. The lowest BCUT2D eigenvalue weighted by molar-refractivity contribution is -0.123. The summed E-state index contributed by atoms with van der Waals surface area (Å²) in [5.74, 6) is 0.0748. The summed E-state index contributed by atoms with van der Waals surface area (Å²) in [4.78, 5) is 24.0. The van der Waals surface area contributed by atoms with Crippen molar-refractivity contribution in [2.24, 2.45) is 0 Å². The third-order valence-electron chi connectivity index (χ3n) is 4.86. The Morgan fingerprint density at radius 1 is 1.05 bits per heavy atom. The van der Waals surface area contributed by atoms with Crippen molar-refractivity contribution < 1.29 is 14.7 Å².